The fourth-order valence-electron chi connectivity index (χ4n) is 1.69. The molecule has 19 heavy (non-hydrogen) atoms. The van der Waals surface area contributed by atoms with Gasteiger partial charge in [0.05, 0.1) is 13.0 Å². The predicted octanol–water partition coefficient (Wildman–Crippen LogP) is 2.23. The maximum absolute atomic E-state index is 11.2. The van der Waals surface area contributed by atoms with Gasteiger partial charge in [0, 0.05) is 23.3 Å². The van der Waals surface area contributed by atoms with Gasteiger partial charge in [-0.15, -0.1) is 11.3 Å². The molecule has 0 atom stereocenters. The van der Waals surface area contributed by atoms with Crippen LogP contribution in [-0.4, -0.2) is 13.0 Å². The Bertz CT molecular complexity index is 548. The highest BCUT2D eigenvalue weighted by Gasteiger charge is 2.02. The van der Waals surface area contributed by atoms with E-state index in [-0.39, 0.29) is 5.91 Å². The van der Waals surface area contributed by atoms with Gasteiger partial charge in [0.25, 0.3) is 0 Å². The smallest absolute Gasteiger partial charge is 0.224 e. The normalized spacial score (nSPS) is 10.2. The summed E-state index contributed by atoms with van der Waals surface area (Å²) in [5, 5.41) is 7.91. The summed E-state index contributed by atoms with van der Waals surface area (Å²) < 4.78 is 0. The Morgan fingerprint density at radius 3 is 2.58 bits per heavy atom. The lowest BCUT2D eigenvalue weighted by Gasteiger charge is -2.07. The third kappa shape index (κ3) is 3.72. The molecule has 100 valence electrons. The molecule has 0 aliphatic rings. The van der Waals surface area contributed by atoms with Gasteiger partial charge in [-0.05, 0) is 29.1 Å². The molecule has 1 heterocycles. The average molecular weight is 275 g/mol. The predicted molar refractivity (Wildman–Crippen MR) is 80.3 cm³/mol. The molecule has 0 unspecified atom stereocenters. The highest BCUT2D eigenvalue weighted by Crippen LogP contribution is 2.20. The molecule has 0 saturated heterocycles. The van der Waals surface area contributed by atoms with Gasteiger partial charge in [0.2, 0.25) is 5.91 Å². The van der Waals surface area contributed by atoms with E-state index in [1.54, 1.807) is 18.4 Å². The number of nitrogens with one attached hydrogen (secondary N) is 2. The largest absolute Gasteiger partial charge is 0.398 e. The van der Waals surface area contributed by atoms with Crippen LogP contribution < -0.4 is 16.4 Å². The van der Waals surface area contributed by atoms with E-state index >= 15 is 0 Å². The molecule has 0 spiro atoms. The number of rotatable bonds is 5. The summed E-state index contributed by atoms with van der Waals surface area (Å²) in [5.74, 6) is 0.0204. The van der Waals surface area contributed by atoms with Crippen molar-refractivity contribution in [2.24, 2.45) is 0 Å². The summed E-state index contributed by atoms with van der Waals surface area (Å²) in [7, 11) is 1.64. The number of anilines is 2. The summed E-state index contributed by atoms with van der Waals surface area (Å²) >= 11 is 1.64. The summed E-state index contributed by atoms with van der Waals surface area (Å²) in [5.41, 5.74) is 8.67. The summed E-state index contributed by atoms with van der Waals surface area (Å²) in [6.07, 6.45) is 0.411. The second kappa shape index (κ2) is 6.24. The minimum absolute atomic E-state index is 0.0204. The Labute approximate surface area is 116 Å². The number of carbonyl (C=O) groups excluding carboxylic acids is 1. The van der Waals surface area contributed by atoms with Crippen LogP contribution in [0.25, 0.3) is 0 Å². The first-order chi connectivity index (χ1) is 9.19. The molecule has 0 radical (unpaired) electrons. The molecule has 1 amide bonds. The van der Waals surface area contributed by atoms with Crippen molar-refractivity contribution in [1.29, 1.82) is 0 Å². The molecule has 1 aromatic carbocycles. The number of amides is 1. The van der Waals surface area contributed by atoms with E-state index in [1.807, 2.05) is 35.7 Å². The lowest BCUT2D eigenvalue weighted by Crippen LogP contribution is -2.19. The number of thiophene rings is 1. The van der Waals surface area contributed by atoms with E-state index in [1.165, 1.54) is 0 Å². The highest BCUT2D eigenvalue weighted by molar-refractivity contribution is 7.10. The van der Waals surface area contributed by atoms with E-state index in [2.05, 4.69) is 10.6 Å². The Morgan fingerprint density at radius 1 is 1.26 bits per heavy atom. The minimum Gasteiger partial charge on any atom is -0.398 e. The van der Waals surface area contributed by atoms with Crippen LogP contribution in [0.4, 0.5) is 11.4 Å². The SMILES string of the molecule is CNC(=O)Cc1ccc(NCc2sccc2N)cc1. The fourth-order valence-corrected chi connectivity index (χ4v) is 2.43. The van der Waals surface area contributed by atoms with Gasteiger partial charge in [-0.3, -0.25) is 4.79 Å². The van der Waals surface area contributed by atoms with Crippen LogP contribution in [0, 0.1) is 0 Å². The monoisotopic (exact) mass is 275 g/mol. The Hall–Kier alpha value is -2.01. The first-order valence-electron chi connectivity index (χ1n) is 6.04. The van der Waals surface area contributed by atoms with Crippen molar-refractivity contribution in [2.75, 3.05) is 18.1 Å². The van der Waals surface area contributed by atoms with Crippen LogP contribution in [0.5, 0.6) is 0 Å². The lowest BCUT2D eigenvalue weighted by molar-refractivity contribution is -0.119. The number of likely N-dealkylation sites (N-methyl/N-ethyl adjacent to an activating group) is 1. The zero-order valence-corrected chi connectivity index (χ0v) is 11.6. The first kappa shape index (κ1) is 13.4. The van der Waals surface area contributed by atoms with Crippen molar-refractivity contribution in [3.05, 3.63) is 46.2 Å². The molecule has 0 aliphatic carbocycles. The van der Waals surface area contributed by atoms with Gasteiger partial charge < -0.3 is 16.4 Å². The number of hydrogen-bond acceptors (Lipinski definition) is 4. The van der Waals surface area contributed by atoms with Crippen molar-refractivity contribution in [1.82, 2.24) is 5.32 Å². The summed E-state index contributed by atoms with van der Waals surface area (Å²) in [4.78, 5) is 12.4. The van der Waals surface area contributed by atoms with Crippen molar-refractivity contribution >= 4 is 28.6 Å². The number of hydrogen-bond donors (Lipinski definition) is 3. The van der Waals surface area contributed by atoms with E-state index in [4.69, 9.17) is 5.73 Å². The zero-order valence-electron chi connectivity index (χ0n) is 10.8. The van der Waals surface area contributed by atoms with Crippen LogP contribution in [0.1, 0.15) is 10.4 Å². The van der Waals surface area contributed by atoms with E-state index in [0.717, 1.165) is 28.4 Å². The van der Waals surface area contributed by atoms with E-state index in [0.29, 0.717) is 6.42 Å². The summed E-state index contributed by atoms with van der Waals surface area (Å²) in [6, 6.07) is 9.77. The number of nitrogen functional groups attached to an aromatic ring is 1. The molecule has 2 aromatic rings. The van der Waals surface area contributed by atoms with Crippen molar-refractivity contribution < 1.29 is 4.79 Å². The average Bonchev–Trinajstić information content (AvgIpc) is 2.83. The second-order valence-corrected chi connectivity index (χ2v) is 5.20. The maximum Gasteiger partial charge on any atom is 0.224 e. The molecule has 0 aliphatic heterocycles. The third-order valence-corrected chi connectivity index (χ3v) is 3.77. The molecule has 4 nitrogen and oxygen atoms in total. The van der Waals surface area contributed by atoms with Crippen LogP contribution in [-0.2, 0) is 17.8 Å². The molecule has 1 aromatic heterocycles. The van der Waals surface area contributed by atoms with Gasteiger partial charge in [0.15, 0.2) is 0 Å². The van der Waals surface area contributed by atoms with Crippen LogP contribution in [0.2, 0.25) is 0 Å². The molecule has 0 saturated carbocycles. The first-order valence-corrected chi connectivity index (χ1v) is 6.92. The van der Waals surface area contributed by atoms with Gasteiger partial charge in [-0.1, -0.05) is 12.1 Å². The fraction of sp³-hybridized carbons (Fsp3) is 0.214. The maximum atomic E-state index is 11.2. The number of carbonyl (C=O) groups is 1. The molecule has 5 heteroatoms. The highest BCUT2D eigenvalue weighted by atomic mass is 32.1. The molecule has 2 rings (SSSR count). The standard InChI is InChI=1S/C14H17N3OS/c1-16-14(18)8-10-2-4-11(5-3-10)17-9-13-12(15)6-7-19-13/h2-7,17H,8-9,15H2,1H3,(H,16,18). The number of nitrogens with two attached hydrogens (primary N) is 1. The third-order valence-electron chi connectivity index (χ3n) is 2.83. The van der Waals surface area contributed by atoms with Gasteiger partial charge in [-0.25, -0.2) is 0 Å². The Kier molecular flexibility index (Phi) is 4.41. The Morgan fingerprint density at radius 2 is 2.00 bits per heavy atom. The zero-order chi connectivity index (χ0) is 13.7. The second-order valence-electron chi connectivity index (χ2n) is 4.20. The molecule has 0 bridgehead atoms. The van der Waals surface area contributed by atoms with Gasteiger partial charge in [-0.2, -0.15) is 0 Å². The number of benzene rings is 1. The van der Waals surface area contributed by atoms with Crippen molar-refractivity contribution in [3.8, 4) is 0 Å². The Balaban J connectivity index is 1.92. The van der Waals surface area contributed by atoms with E-state index in [9.17, 15) is 4.79 Å². The molecule has 4 N–H and O–H groups in total. The van der Waals surface area contributed by atoms with Gasteiger partial charge in [0.1, 0.15) is 0 Å². The van der Waals surface area contributed by atoms with Crippen LogP contribution in [0.15, 0.2) is 35.7 Å². The molecule has 0 fully saturated rings. The quantitative estimate of drug-likeness (QED) is 0.784. The minimum atomic E-state index is 0.0204. The van der Waals surface area contributed by atoms with Crippen molar-refractivity contribution in [3.63, 3.8) is 0 Å². The molecular formula is C14H17N3OS. The summed E-state index contributed by atoms with van der Waals surface area (Å²) in [6.45, 7) is 0.721. The van der Waals surface area contributed by atoms with Crippen molar-refractivity contribution in [2.45, 2.75) is 13.0 Å². The van der Waals surface area contributed by atoms with Crippen LogP contribution in [0.3, 0.4) is 0 Å². The van der Waals surface area contributed by atoms with E-state index < -0.39 is 0 Å². The molecular weight excluding hydrogens is 258 g/mol. The lowest BCUT2D eigenvalue weighted by atomic mass is 10.1. The van der Waals surface area contributed by atoms with Gasteiger partial charge >= 0.3 is 0 Å². The van der Waals surface area contributed by atoms with Crippen LogP contribution >= 0.6 is 11.3 Å². The topological polar surface area (TPSA) is 67.2 Å².